The summed E-state index contributed by atoms with van der Waals surface area (Å²) < 4.78 is 0. The van der Waals surface area contributed by atoms with Crippen LogP contribution in [0.5, 0.6) is 0 Å². The third-order valence-corrected chi connectivity index (χ3v) is 0.389. The minimum atomic E-state index is -0.0625. The largest absolute Gasteiger partial charge is 0.608 e. The lowest BCUT2D eigenvalue weighted by Crippen LogP contribution is -3.10. The van der Waals surface area contributed by atoms with Gasteiger partial charge in [-0.1, -0.05) is 6.58 Å². The van der Waals surface area contributed by atoms with Crippen LogP contribution in [-0.4, -0.2) is 7.05 Å². The van der Waals surface area contributed by atoms with Crippen molar-refractivity contribution >= 4 is 0 Å². The maximum absolute atomic E-state index is 10.1. The molecule has 0 aromatic rings. The molecule has 0 aliphatic carbocycles. The van der Waals surface area contributed by atoms with E-state index in [-0.39, 0.29) is 5.17 Å². The Hall–Kier alpha value is -0.540. The molecule has 1 unspecified atom stereocenters. The molecule has 0 amide bonds. The molecule has 0 aromatic heterocycles. The Morgan fingerprint density at radius 3 is 2.29 bits per heavy atom. The van der Waals surface area contributed by atoms with Crippen molar-refractivity contribution in [2.75, 3.05) is 7.05 Å². The molecular weight excluding hydrogens is 92.1 g/mol. The van der Waals surface area contributed by atoms with Gasteiger partial charge in [-0.05, 0) is 6.92 Å². The van der Waals surface area contributed by atoms with E-state index in [9.17, 15) is 5.21 Å². The molecule has 0 radical (unpaired) electrons. The first-order valence-corrected chi connectivity index (χ1v) is 2.06. The molecule has 42 valence electrons. The highest BCUT2D eigenvalue weighted by atomic mass is 16.5. The molecule has 1 atom stereocenters. The van der Waals surface area contributed by atoms with Gasteiger partial charge in [0.15, 0.2) is 0 Å². The number of allylic oxidation sites excluding steroid dienone is 1. The maximum Gasteiger partial charge on any atom is 0.0887 e. The summed E-state index contributed by atoms with van der Waals surface area (Å²) in [5.41, 5.74) is 3.16. The highest BCUT2D eigenvalue weighted by molar-refractivity contribution is 4.78. The number of rotatable bonds is 2. The van der Waals surface area contributed by atoms with Gasteiger partial charge in [0, 0.05) is 0 Å². The van der Waals surface area contributed by atoms with Crippen molar-refractivity contribution in [2.45, 2.75) is 6.92 Å². The highest BCUT2D eigenvalue weighted by Gasteiger charge is 1.79. The zero-order valence-corrected chi connectivity index (χ0v) is 4.62. The summed E-state index contributed by atoms with van der Waals surface area (Å²) >= 11 is 0. The summed E-state index contributed by atoms with van der Waals surface area (Å²) in [6.45, 7) is 5.20. The van der Waals surface area contributed by atoms with Gasteiger partial charge < -0.3 is 5.21 Å². The fraction of sp³-hybridized carbons (Fsp3) is 0.500. The van der Waals surface area contributed by atoms with Crippen LogP contribution >= 0.6 is 0 Å². The van der Waals surface area contributed by atoms with Gasteiger partial charge in [-0.3, -0.25) is 5.17 Å². The monoisotopic (exact) mass is 102 g/mol. The van der Waals surface area contributed by atoms with E-state index in [1.165, 1.54) is 7.05 Å². The van der Waals surface area contributed by atoms with E-state index < -0.39 is 0 Å². The van der Waals surface area contributed by atoms with Crippen LogP contribution in [-0.2, 0) is 0 Å². The van der Waals surface area contributed by atoms with Gasteiger partial charge >= 0.3 is 0 Å². The predicted molar refractivity (Wildman–Crippen MR) is 28.2 cm³/mol. The lowest BCUT2D eigenvalue weighted by atomic mass is 10.6. The van der Waals surface area contributed by atoms with E-state index in [1.54, 1.807) is 6.92 Å². The fourth-order valence-corrected chi connectivity index (χ4v) is 0.301. The lowest BCUT2D eigenvalue weighted by Gasteiger charge is -2.16. The lowest BCUT2D eigenvalue weighted by molar-refractivity contribution is -0.870. The molecule has 0 aliphatic rings. The number of hydrogen-bond acceptors (Lipinski definition) is 2. The van der Waals surface area contributed by atoms with Crippen LogP contribution in [0, 0.1) is 5.21 Å². The average Bonchev–Trinajstić information content (AvgIpc) is 1.27. The molecule has 0 saturated carbocycles. The summed E-state index contributed by atoms with van der Waals surface area (Å²) in [5, 5.41) is 10.0. The van der Waals surface area contributed by atoms with Crippen LogP contribution in [0.15, 0.2) is 12.3 Å². The minimum Gasteiger partial charge on any atom is -0.608 e. The van der Waals surface area contributed by atoms with E-state index in [0.29, 0.717) is 5.70 Å². The summed E-state index contributed by atoms with van der Waals surface area (Å²) in [6.07, 6.45) is 0. The molecular formula is C4H10N2O. The first-order valence-electron chi connectivity index (χ1n) is 2.06. The summed E-state index contributed by atoms with van der Waals surface area (Å²) in [4.78, 5) is 0. The Labute approximate surface area is 43.2 Å². The van der Waals surface area contributed by atoms with Crippen LogP contribution in [0.3, 0.4) is 0 Å². The Kier molecular flexibility index (Phi) is 2.40. The standard InChI is InChI=1S/C4H10N2O/c1-4(2)5-6(3)7/h5-6H,1H2,2-3H3. The van der Waals surface area contributed by atoms with Crippen LogP contribution in [0.4, 0.5) is 0 Å². The molecule has 0 aromatic carbocycles. The second kappa shape index (κ2) is 2.60. The molecule has 2 N–H and O–H groups in total. The quantitative estimate of drug-likeness (QED) is 0.441. The van der Waals surface area contributed by atoms with Crippen molar-refractivity contribution in [3.63, 3.8) is 0 Å². The molecule has 3 heteroatoms. The fourth-order valence-electron chi connectivity index (χ4n) is 0.301. The van der Waals surface area contributed by atoms with Crippen LogP contribution < -0.4 is 10.6 Å². The smallest absolute Gasteiger partial charge is 0.0887 e. The number of quaternary nitrogens is 1. The first kappa shape index (κ1) is 6.46. The second-order valence-electron chi connectivity index (χ2n) is 1.46. The highest BCUT2D eigenvalue weighted by Crippen LogP contribution is 1.66. The SMILES string of the molecule is C=C(C)N[NH+](C)[O-]. The zero-order valence-electron chi connectivity index (χ0n) is 4.62. The predicted octanol–water partition coefficient (Wildman–Crippen LogP) is -0.963. The Morgan fingerprint density at radius 2 is 2.29 bits per heavy atom. The van der Waals surface area contributed by atoms with Crippen molar-refractivity contribution in [2.24, 2.45) is 0 Å². The van der Waals surface area contributed by atoms with Gasteiger partial charge in [-0.25, -0.2) is 5.43 Å². The van der Waals surface area contributed by atoms with E-state index in [1.807, 2.05) is 0 Å². The van der Waals surface area contributed by atoms with Gasteiger partial charge in [0.1, 0.15) is 0 Å². The van der Waals surface area contributed by atoms with Crippen LogP contribution in [0.2, 0.25) is 0 Å². The molecule has 0 spiro atoms. The molecule has 7 heavy (non-hydrogen) atoms. The topological polar surface area (TPSA) is 39.5 Å². The molecule has 0 rings (SSSR count). The van der Waals surface area contributed by atoms with Crippen molar-refractivity contribution in [1.82, 2.24) is 5.43 Å². The summed E-state index contributed by atoms with van der Waals surface area (Å²) in [7, 11) is 1.45. The number of nitrogens with one attached hydrogen (secondary N) is 2. The third kappa shape index (κ3) is 5.46. The van der Waals surface area contributed by atoms with Crippen LogP contribution in [0.1, 0.15) is 6.92 Å². The normalized spacial score (nSPS) is 13.0. The van der Waals surface area contributed by atoms with E-state index in [0.717, 1.165) is 0 Å². The minimum absolute atomic E-state index is 0.0625. The Balaban J connectivity index is 3.13. The van der Waals surface area contributed by atoms with Crippen LogP contribution in [0.25, 0.3) is 0 Å². The van der Waals surface area contributed by atoms with Crippen molar-refractivity contribution in [3.8, 4) is 0 Å². The molecule has 0 aliphatic heterocycles. The molecule has 3 nitrogen and oxygen atoms in total. The van der Waals surface area contributed by atoms with Gasteiger partial charge in [0.2, 0.25) is 0 Å². The van der Waals surface area contributed by atoms with Gasteiger partial charge in [-0.2, -0.15) is 0 Å². The second-order valence-corrected chi connectivity index (χ2v) is 1.46. The van der Waals surface area contributed by atoms with Crippen molar-refractivity contribution in [3.05, 3.63) is 17.5 Å². The third-order valence-electron chi connectivity index (χ3n) is 0.389. The molecule has 0 bridgehead atoms. The molecule has 0 heterocycles. The number of hydrogen-bond donors (Lipinski definition) is 2. The molecule has 0 saturated heterocycles. The van der Waals surface area contributed by atoms with Gasteiger partial charge in [-0.15, -0.1) is 0 Å². The first-order chi connectivity index (χ1) is 3.13. The van der Waals surface area contributed by atoms with Crippen molar-refractivity contribution < 1.29 is 5.17 Å². The maximum atomic E-state index is 10.1. The Morgan fingerprint density at radius 1 is 1.86 bits per heavy atom. The summed E-state index contributed by atoms with van der Waals surface area (Å²) in [6, 6.07) is 0. The Bertz CT molecular complexity index is 70.1. The molecule has 0 fully saturated rings. The van der Waals surface area contributed by atoms with Crippen molar-refractivity contribution in [1.29, 1.82) is 0 Å². The van der Waals surface area contributed by atoms with Gasteiger partial charge in [0.25, 0.3) is 0 Å². The summed E-state index contributed by atoms with van der Waals surface area (Å²) in [5.74, 6) is 0. The van der Waals surface area contributed by atoms with Gasteiger partial charge in [0.05, 0.1) is 12.7 Å². The van der Waals surface area contributed by atoms with E-state index in [2.05, 4.69) is 12.0 Å². The zero-order chi connectivity index (χ0) is 5.86. The van der Waals surface area contributed by atoms with E-state index >= 15 is 0 Å². The average molecular weight is 102 g/mol. The number of hydroxylamine groups is 1. The van der Waals surface area contributed by atoms with E-state index in [4.69, 9.17) is 0 Å².